The zero-order valence-corrected chi connectivity index (χ0v) is 14.0. The van der Waals surface area contributed by atoms with Gasteiger partial charge < -0.3 is 10.0 Å². The highest BCUT2D eigenvalue weighted by molar-refractivity contribution is 5.77. The first-order chi connectivity index (χ1) is 11.0. The van der Waals surface area contributed by atoms with Crippen LogP contribution < -0.4 is 0 Å². The number of carboxylic acids is 1. The minimum atomic E-state index is -0.705. The molecule has 0 atom stereocenters. The standard InChI is InChI=1S/C19H29NO3/c21-17(20-3-1-13(2-4-20)8-18(22)23)12-19-9-14-5-15(10-19)7-16(6-14)11-19/h13-16H,1-12H2,(H,22,23). The fraction of sp³-hybridized carbons (Fsp3) is 0.895. The SMILES string of the molecule is O=C(O)CC1CCN(C(=O)CC23CC4CC(CC(C4)C2)C3)CC1. The van der Waals surface area contributed by atoms with E-state index in [1.807, 2.05) is 4.90 Å². The summed E-state index contributed by atoms with van der Waals surface area (Å²) in [6.07, 6.45) is 10.9. The Balaban J connectivity index is 1.33. The third-order valence-electron chi connectivity index (χ3n) is 7.12. The van der Waals surface area contributed by atoms with Crippen LogP contribution in [0.25, 0.3) is 0 Å². The fourth-order valence-electron chi connectivity index (χ4n) is 6.57. The van der Waals surface area contributed by atoms with E-state index in [2.05, 4.69) is 0 Å². The average Bonchev–Trinajstić information content (AvgIpc) is 2.45. The molecule has 23 heavy (non-hydrogen) atoms. The zero-order valence-electron chi connectivity index (χ0n) is 14.0. The number of piperidine rings is 1. The number of rotatable bonds is 4. The predicted molar refractivity (Wildman–Crippen MR) is 86.8 cm³/mol. The van der Waals surface area contributed by atoms with Gasteiger partial charge in [-0.25, -0.2) is 0 Å². The van der Waals surface area contributed by atoms with Crippen molar-refractivity contribution in [3.8, 4) is 0 Å². The van der Waals surface area contributed by atoms with E-state index in [4.69, 9.17) is 5.11 Å². The van der Waals surface area contributed by atoms with Crippen molar-refractivity contribution >= 4 is 11.9 Å². The minimum absolute atomic E-state index is 0.260. The molecule has 0 unspecified atom stereocenters. The molecule has 5 fully saturated rings. The Kier molecular flexibility index (Phi) is 3.89. The van der Waals surface area contributed by atoms with Gasteiger partial charge in [0.1, 0.15) is 0 Å². The number of aliphatic carboxylic acids is 1. The summed E-state index contributed by atoms with van der Waals surface area (Å²) in [5, 5.41) is 8.90. The Morgan fingerprint density at radius 2 is 1.48 bits per heavy atom. The predicted octanol–water partition coefficient (Wildman–Crippen LogP) is 3.31. The van der Waals surface area contributed by atoms with E-state index in [0.717, 1.165) is 50.1 Å². The molecule has 128 valence electrons. The van der Waals surface area contributed by atoms with Crippen LogP contribution in [-0.2, 0) is 9.59 Å². The van der Waals surface area contributed by atoms with E-state index in [1.165, 1.54) is 38.5 Å². The van der Waals surface area contributed by atoms with Gasteiger partial charge >= 0.3 is 5.97 Å². The van der Waals surface area contributed by atoms with Crippen LogP contribution in [0.3, 0.4) is 0 Å². The summed E-state index contributed by atoms with van der Waals surface area (Å²) >= 11 is 0. The molecule has 0 aromatic carbocycles. The number of hydrogen-bond acceptors (Lipinski definition) is 2. The van der Waals surface area contributed by atoms with Crippen molar-refractivity contribution in [2.24, 2.45) is 29.1 Å². The number of likely N-dealkylation sites (tertiary alicyclic amines) is 1. The van der Waals surface area contributed by atoms with Gasteiger partial charge in [0.25, 0.3) is 0 Å². The van der Waals surface area contributed by atoms with Crippen molar-refractivity contribution in [1.29, 1.82) is 0 Å². The lowest BCUT2D eigenvalue weighted by Gasteiger charge is -2.57. The van der Waals surface area contributed by atoms with E-state index >= 15 is 0 Å². The van der Waals surface area contributed by atoms with Crippen LogP contribution in [-0.4, -0.2) is 35.0 Å². The highest BCUT2D eigenvalue weighted by atomic mass is 16.4. The highest BCUT2D eigenvalue weighted by Crippen LogP contribution is 2.61. The highest BCUT2D eigenvalue weighted by Gasteiger charge is 2.51. The van der Waals surface area contributed by atoms with Crippen LogP contribution in [0.15, 0.2) is 0 Å². The summed E-state index contributed by atoms with van der Waals surface area (Å²) in [6.45, 7) is 1.53. The summed E-state index contributed by atoms with van der Waals surface area (Å²) in [4.78, 5) is 25.7. The minimum Gasteiger partial charge on any atom is -0.481 e. The largest absolute Gasteiger partial charge is 0.481 e. The maximum atomic E-state index is 12.8. The normalized spacial score (nSPS) is 39.7. The van der Waals surface area contributed by atoms with Crippen molar-refractivity contribution in [3.63, 3.8) is 0 Å². The van der Waals surface area contributed by atoms with Crippen molar-refractivity contribution in [2.75, 3.05) is 13.1 Å². The quantitative estimate of drug-likeness (QED) is 0.865. The molecular weight excluding hydrogens is 290 g/mol. The van der Waals surface area contributed by atoms with E-state index < -0.39 is 5.97 Å². The molecule has 4 nitrogen and oxygen atoms in total. The van der Waals surface area contributed by atoms with E-state index in [0.29, 0.717) is 11.3 Å². The third-order valence-corrected chi connectivity index (χ3v) is 7.12. The number of nitrogens with zero attached hydrogens (tertiary/aromatic N) is 1. The van der Waals surface area contributed by atoms with Crippen LogP contribution in [0.4, 0.5) is 0 Å². The first kappa shape index (κ1) is 15.5. The van der Waals surface area contributed by atoms with Crippen LogP contribution in [0, 0.1) is 29.1 Å². The Morgan fingerprint density at radius 1 is 0.957 bits per heavy atom. The molecule has 4 heteroatoms. The van der Waals surface area contributed by atoms with Gasteiger partial charge in [0.05, 0.1) is 0 Å². The van der Waals surface area contributed by atoms with Gasteiger partial charge in [0.2, 0.25) is 5.91 Å². The Bertz CT molecular complexity index is 458. The van der Waals surface area contributed by atoms with Gasteiger partial charge in [0.15, 0.2) is 0 Å². The number of hydrogen-bond donors (Lipinski definition) is 1. The molecule has 1 aliphatic heterocycles. The van der Waals surface area contributed by atoms with Gasteiger partial charge in [-0.3, -0.25) is 9.59 Å². The smallest absolute Gasteiger partial charge is 0.303 e. The lowest BCUT2D eigenvalue weighted by atomic mass is 9.49. The third kappa shape index (κ3) is 3.14. The second-order valence-corrected chi connectivity index (χ2v) is 9.02. The lowest BCUT2D eigenvalue weighted by molar-refractivity contribution is -0.141. The molecule has 4 saturated carbocycles. The molecule has 4 aliphatic carbocycles. The van der Waals surface area contributed by atoms with Crippen LogP contribution in [0.5, 0.6) is 0 Å². The molecule has 4 bridgehead atoms. The van der Waals surface area contributed by atoms with Gasteiger partial charge in [-0.15, -0.1) is 0 Å². The Morgan fingerprint density at radius 3 is 1.96 bits per heavy atom. The molecule has 1 amide bonds. The molecule has 1 N–H and O–H groups in total. The number of carbonyl (C=O) groups excluding carboxylic acids is 1. The number of amides is 1. The lowest BCUT2D eigenvalue weighted by Crippen LogP contribution is -2.49. The maximum absolute atomic E-state index is 12.8. The van der Waals surface area contributed by atoms with Crippen molar-refractivity contribution < 1.29 is 14.7 Å². The Hall–Kier alpha value is -1.06. The molecule has 0 radical (unpaired) electrons. The first-order valence-electron chi connectivity index (χ1n) is 9.51. The molecule has 1 saturated heterocycles. The molecule has 0 aromatic rings. The van der Waals surface area contributed by atoms with Gasteiger partial charge in [-0.05, 0) is 80.5 Å². The second kappa shape index (κ2) is 5.78. The van der Waals surface area contributed by atoms with E-state index in [9.17, 15) is 9.59 Å². The van der Waals surface area contributed by atoms with Gasteiger partial charge in [0, 0.05) is 25.9 Å². The van der Waals surface area contributed by atoms with Gasteiger partial charge in [-0.1, -0.05) is 0 Å². The molecule has 5 rings (SSSR count). The topological polar surface area (TPSA) is 57.6 Å². The molecule has 5 aliphatic rings. The van der Waals surface area contributed by atoms with Crippen LogP contribution in [0.2, 0.25) is 0 Å². The summed E-state index contributed by atoms with van der Waals surface area (Å²) in [7, 11) is 0. The van der Waals surface area contributed by atoms with Gasteiger partial charge in [-0.2, -0.15) is 0 Å². The van der Waals surface area contributed by atoms with Crippen molar-refractivity contribution in [2.45, 2.75) is 64.2 Å². The Labute approximate surface area is 138 Å². The molecular formula is C19H29NO3. The van der Waals surface area contributed by atoms with E-state index in [-0.39, 0.29) is 12.3 Å². The summed E-state index contributed by atoms with van der Waals surface area (Å²) in [5.74, 6) is 2.60. The van der Waals surface area contributed by atoms with Crippen LogP contribution >= 0.6 is 0 Å². The second-order valence-electron chi connectivity index (χ2n) is 9.02. The average molecular weight is 319 g/mol. The monoisotopic (exact) mass is 319 g/mol. The fourth-order valence-corrected chi connectivity index (χ4v) is 6.57. The maximum Gasteiger partial charge on any atom is 0.303 e. The van der Waals surface area contributed by atoms with E-state index in [1.54, 1.807) is 0 Å². The van der Waals surface area contributed by atoms with Crippen LogP contribution in [0.1, 0.15) is 64.2 Å². The molecule has 1 heterocycles. The summed E-state index contributed by atoms with van der Waals surface area (Å²) in [6, 6.07) is 0. The number of carboxylic acid groups (broad SMARTS) is 1. The summed E-state index contributed by atoms with van der Waals surface area (Å²) < 4.78 is 0. The zero-order chi connectivity index (χ0) is 16.0. The number of carbonyl (C=O) groups is 2. The first-order valence-corrected chi connectivity index (χ1v) is 9.51. The molecule has 0 spiro atoms. The summed E-state index contributed by atoms with van der Waals surface area (Å²) in [5.41, 5.74) is 0.323. The molecule has 0 aromatic heterocycles. The van der Waals surface area contributed by atoms with Crippen molar-refractivity contribution in [3.05, 3.63) is 0 Å². The van der Waals surface area contributed by atoms with Crippen molar-refractivity contribution in [1.82, 2.24) is 4.90 Å².